The summed E-state index contributed by atoms with van der Waals surface area (Å²) in [6.45, 7) is 5.88. The van der Waals surface area contributed by atoms with Crippen molar-refractivity contribution in [1.82, 2.24) is 20.1 Å². The van der Waals surface area contributed by atoms with Crippen LogP contribution in [-0.2, 0) is 18.3 Å². The molecule has 1 N–H and O–H groups in total. The van der Waals surface area contributed by atoms with Crippen molar-refractivity contribution in [3.8, 4) is 11.3 Å². The van der Waals surface area contributed by atoms with Crippen molar-refractivity contribution in [3.63, 3.8) is 0 Å². The third-order valence-corrected chi connectivity index (χ3v) is 5.27. The lowest BCUT2D eigenvalue weighted by atomic mass is 10.1. The zero-order valence-electron chi connectivity index (χ0n) is 18.2. The minimum Gasteiger partial charge on any atom is -0.372 e. The van der Waals surface area contributed by atoms with E-state index >= 15 is 0 Å². The molecule has 9 heteroatoms. The highest BCUT2D eigenvalue weighted by Crippen LogP contribution is 2.25. The third-order valence-electron chi connectivity index (χ3n) is 5.27. The summed E-state index contributed by atoms with van der Waals surface area (Å²) in [6.07, 6.45) is 3.51. The number of hydrogen-bond acceptors (Lipinski definition) is 5. The second-order valence-corrected chi connectivity index (χ2v) is 8.06. The van der Waals surface area contributed by atoms with E-state index in [9.17, 15) is 13.6 Å². The van der Waals surface area contributed by atoms with Gasteiger partial charge in [0.25, 0.3) is 5.91 Å². The molecule has 3 heterocycles. The first kappa shape index (κ1) is 21.9. The fraction of sp³-hybridized carbons (Fsp3) is 0.348. The average Bonchev–Trinajstić information content (AvgIpc) is 3.13. The SMILES string of the molecule is CC1CN(c2ccc(CNC(=O)c3cn(C)nc3-c3ccc(F)cc3F)cn2)CC(C)O1. The van der Waals surface area contributed by atoms with Crippen LogP contribution in [0.5, 0.6) is 0 Å². The van der Waals surface area contributed by atoms with Crippen LogP contribution in [0, 0.1) is 11.6 Å². The molecule has 0 saturated carbocycles. The van der Waals surface area contributed by atoms with Crippen molar-refractivity contribution in [3.05, 3.63) is 65.5 Å². The number of morpholine rings is 1. The number of pyridine rings is 1. The lowest BCUT2D eigenvalue weighted by molar-refractivity contribution is -0.00546. The van der Waals surface area contributed by atoms with Gasteiger partial charge >= 0.3 is 0 Å². The second kappa shape index (κ2) is 9.04. The van der Waals surface area contributed by atoms with E-state index in [1.165, 1.54) is 16.9 Å². The lowest BCUT2D eigenvalue weighted by Gasteiger charge is -2.36. The molecule has 1 aromatic carbocycles. The molecule has 1 fully saturated rings. The van der Waals surface area contributed by atoms with E-state index in [0.717, 1.165) is 36.6 Å². The second-order valence-electron chi connectivity index (χ2n) is 8.06. The molecule has 3 aromatic rings. The molecule has 7 nitrogen and oxygen atoms in total. The minimum absolute atomic E-state index is 0.0668. The monoisotopic (exact) mass is 441 g/mol. The summed E-state index contributed by atoms with van der Waals surface area (Å²) in [5.74, 6) is -1.01. The van der Waals surface area contributed by atoms with E-state index in [4.69, 9.17) is 4.74 Å². The quantitative estimate of drug-likeness (QED) is 0.658. The average molecular weight is 441 g/mol. The van der Waals surface area contributed by atoms with E-state index in [1.54, 1.807) is 13.2 Å². The number of amides is 1. The molecule has 2 atom stereocenters. The van der Waals surface area contributed by atoms with Gasteiger partial charge in [-0.25, -0.2) is 13.8 Å². The molecule has 0 bridgehead atoms. The number of ether oxygens (including phenoxy) is 1. The molecule has 0 aliphatic carbocycles. The highest BCUT2D eigenvalue weighted by Gasteiger charge is 2.23. The molecule has 2 aromatic heterocycles. The minimum atomic E-state index is -0.774. The summed E-state index contributed by atoms with van der Waals surface area (Å²) in [7, 11) is 1.64. The van der Waals surface area contributed by atoms with Crippen molar-refractivity contribution in [2.45, 2.75) is 32.6 Å². The fourth-order valence-corrected chi connectivity index (χ4v) is 3.89. The zero-order chi connectivity index (χ0) is 22.8. The maximum Gasteiger partial charge on any atom is 0.255 e. The van der Waals surface area contributed by atoms with E-state index in [1.807, 2.05) is 26.0 Å². The summed E-state index contributed by atoms with van der Waals surface area (Å²) in [6, 6.07) is 7.03. The van der Waals surface area contributed by atoms with Crippen molar-refractivity contribution < 1.29 is 18.3 Å². The lowest BCUT2D eigenvalue weighted by Crippen LogP contribution is -2.45. The van der Waals surface area contributed by atoms with Gasteiger partial charge in [0.05, 0.1) is 17.8 Å². The maximum absolute atomic E-state index is 14.2. The number of aromatic nitrogens is 3. The number of nitrogens with zero attached hydrogens (tertiary/aromatic N) is 4. The first-order valence-electron chi connectivity index (χ1n) is 10.4. The van der Waals surface area contributed by atoms with Gasteiger partial charge in [0.15, 0.2) is 0 Å². The Kier molecular flexibility index (Phi) is 6.18. The predicted molar refractivity (Wildman–Crippen MR) is 116 cm³/mol. The van der Waals surface area contributed by atoms with Crippen LogP contribution in [0.2, 0.25) is 0 Å². The Balaban J connectivity index is 1.44. The topological polar surface area (TPSA) is 72.3 Å². The molecular weight excluding hydrogens is 416 g/mol. The normalized spacial score (nSPS) is 18.6. The maximum atomic E-state index is 14.2. The summed E-state index contributed by atoms with van der Waals surface area (Å²) in [5, 5.41) is 7.01. The number of benzene rings is 1. The molecule has 2 unspecified atom stereocenters. The largest absolute Gasteiger partial charge is 0.372 e. The Morgan fingerprint density at radius 1 is 1.19 bits per heavy atom. The molecule has 1 saturated heterocycles. The highest BCUT2D eigenvalue weighted by molar-refractivity contribution is 5.99. The van der Waals surface area contributed by atoms with Crippen LogP contribution >= 0.6 is 0 Å². The molecule has 1 amide bonds. The Morgan fingerprint density at radius 3 is 2.59 bits per heavy atom. The third kappa shape index (κ3) is 4.77. The number of rotatable bonds is 5. The Labute approximate surface area is 185 Å². The van der Waals surface area contributed by atoms with E-state index in [-0.39, 0.29) is 35.6 Å². The number of halogens is 2. The molecule has 0 radical (unpaired) electrons. The van der Waals surface area contributed by atoms with Crippen molar-refractivity contribution >= 4 is 11.7 Å². The predicted octanol–water partition coefficient (Wildman–Crippen LogP) is 3.30. The van der Waals surface area contributed by atoms with Crippen LogP contribution in [-0.4, -0.2) is 46.0 Å². The standard InChI is InChI=1S/C23H25F2N5O2/c1-14-11-30(12-15(2)32-14)21-7-4-16(9-26-21)10-27-23(31)19-13-29(3)28-22(19)18-6-5-17(24)8-20(18)25/h4-9,13-15H,10-12H2,1-3H3,(H,27,31). The van der Waals surface area contributed by atoms with Gasteiger partial charge in [0.1, 0.15) is 23.1 Å². The first-order valence-corrected chi connectivity index (χ1v) is 10.4. The highest BCUT2D eigenvalue weighted by atomic mass is 19.1. The van der Waals surface area contributed by atoms with Gasteiger partial charge in [-0.05, 0) is 37.6 Å². The number of anilines is 1. The van der Waals surface area contributed by atoms with Crippen LogP contribution in [0.3, 0.4) is 0 Å². The first-order chi connectivity index (χ1) is 15.3. The molecule has 168 valence electrons. The number of carbonyl (C=O) groups excluding carboxylic acids is 1. The van der Waals surface area contributed by atoms with Gasteiger partial charge in [0, 0.05) is 50.7 Å². The van der Waals surface area contributed by atoms with E-state index in [0.29, 0.717) is 0 Å². The number of aryl methyl sites for hydroxylation is 1. The van der Waals surface area contributed by atoms with E-state index < -0.39 is 17.5 Å². The van der Waals surface area contributed by atoms with Crippen LogP contribution in [0.25, 0.3) is 11.3 Å². The van der Waals surface area contributed by atoms with Gasteiger partial charge in [-0.1, -0.05) is 6.07 Å². The van der Waals surface area contributed by atoms with Gasteiger partial charge in [-0.3, -0.25) is 9.48 Å². The van der Waals surface area contributed by atoms with Gasteiger partial charge in [-0.2, -0.15) is 5.10 Å². The number of nitrogens with one attached hydrogen (secondary N) is 1. The van der Waals surface area contributed by atoms with Gasteiger partial charge in [0.2, 0.25) is 0 Å². The number of hydrogen-bond donors (Lipinski definition) is 1. The van der Waals surface area contributed by atoms with Crippen molar-refractivity contribution in [1.29, 1.82) is 0 Å². The summed E-state index contributed by atoms with van der Waals surface area (Å²) in [4.78, 5) is 19.5. The number of carbonyl (C=O) groups is 1. The van der Waals surface area contributed by atoms with Crippen LogP contribution in [0.15, 0.2) is 42.7 Å². The molecular formula is C23H25F2N5O2. The molecule has 1 aliphatic heterocycles. The zero-order valence-corrected chi connectivity index (χ0v) is 18.2. The Bertz CT molecular complexity index is 1110. The molecule has 1 aliphatic rings. The van der Waals surface area contributed by atoms with Crippen LogP contribution in [0.4, 0.5) is 14.6 Å². The molecule has 0 spiro atoms. The van der Waals surface area contributed by atoms with Crippen LogP contribution < -0.4 is 10.2 Å². The summed E-state index contributed by atoms with van der Waals surface area (Å²) in [5.41, 5.74) is 1.26. The smallest absolute Gasteiger partial charge is 0.255 e. The Hall–Kier alpha value is -3.33. The van der Waals surface area contributed by atoms with Crippen LogP contribution in [0.1, 0.15) is 29.8 Å². The molecule has 4 rings (SSSR count). The van der Waals surface area contributed by atoms with Gasteiger partial charge < -0.3 is 15.0 Å². The fourth-order valence-electron chi connectivity index (χ4n) is 3.89. The molecule has 32 heavy (non-hydrogen) atoms. The van der Waals surface area contributed by atoms with E-state index in [2.05, 4.69) is 20.3 Å². The Morgan fingerprint density at radius 2 is 1.94 bits per heavy atom. The van der Waals surface area contributed by atoms with Crippen molar-refractivity contribution in [2.24, 2.45) is 7.05 Å². The summed E-state index contributed by atoms with van der Waals surface area (Å²) < 4.78 is 34.7. The van der Waals surface area contributed by atoms with Gasteiger partial charge in [-0.15, -0.1) is 0 Å². The summed E-state index contributed by atoms with van der Waals surface area (Å²) >= 11 is 0. The van der Waals surface area contributed by atoms with Crippen molar-refractivity contribution in [2.75, 3.05) is 18.0 Å².